The lowest BCUT2D eigenvalue weighted by Crippen LogP contribution is -2.41. The predicted octanol–water partition coefficient (Wildman–Crippen LogP) is 8.55. The van der Waals surface area contributed by atoms with Crippen LogP contribution in [0.1, 0.15) is 27.7 Å². The van der Waals surface area contributed by atoms with Crippen LogP contribution in [0, 0.1) is 0 Å². The third-order valence-corrected chi connectivity index (χ3v) is 8.60. The zero-order chi connectivity index (χ0) is 28.2. The molecule has 202 valence electrons. The number of rotatable bonds is 5. The van der Waals surface area contributed by atoms with Crippen LogP contribution in [0.15, 0.2) is 127 Å². The second kappa shape index (κ2) is 9.65. The highest BCUT2D eigenvalue weighted by Crippen LogP contribution is 2.40. The summed E-state index contributed by atoms with van der Waals surface area (Å²) in [4.78, 5) is 2.31. The van der Waals surface area contributed by atoms with Crippen LogP contribution in [0.4, 0.5) is 17.1 Å². The number of hydrogen-bond donors (Lipinski definition) is 0. The molecule has 6 aromatic rings. The molecular formula is C36H33BN2O2. The number of hydrogen-bond acceptors (Lipinski definition) is 3. The molecule has 0 radical (unpaired) electrons. The number of anilines is 3. The van der Waals surface area contributed by atoms with Crippen LogP contribution in [0.25, 0.3) is 27.5 Å². The van der Waals surface area contributed by atoms with E-state index in [1.165, 1.54) is 10.8 Å². The molecule has 7 rings (SSSR count). The van der Waals surface area contributed by atoms with Gasteiger partial charge in [-0.2, -0.15) is 0 Å². The van der Waals surface area contributed by atoms with Crippen molar-refractivity contribution >= 4 is 51.4 Å². The molecule has 0 amide bonds. The van der Waals surface area contributed by atoms with Gasteiger partial charge in [0.25, 0.3) is 0 Å². The van der Waals surface area contributed by atoms with Crippen LogP contribution >= 0.6 is 0 Å². The van der Waals surface area contributed by atoms with Crippen molar-refractivity contribution in [2.75, 3.05) is 4.90 Å². The van der Waals surface area contributed by atoms with E-state index < -0.39 is 18.3 Å². The largest absolute Gasteiger partial charge is 0.494 e. The molecule has 5 aromatic carbocycles. The summed E-state index contributed by atoms with van der Waals surface area (Å²) in [5, 5.41) is 2.34. The van der Waals surface area contributed by atoms with E-state index in [2.05, 4.69) is 165 Å². The summed E-state index contributed by atoms with van der Waals surface area (Å²) in [6.07, 6.45) is 0. The van der Waals surface area contributed by atoms with Crippen LogP contribution in [-0.4, -0.2) is 22.9 Å². The lowest BCUT2D eigenvalue weighted by molar-refractivity contribution is 0.00578. The summed E-state index contributed by atoms with van der Waals surface area (Å²) < 4.78 is 15.2. The Balaban J connectivity index is 1.46. The molecule has 1 aromatic heterocycles. The van der Waals surface area contributed by atoms with Gasteiger partial charge in [0.05, 0.1) is 22.2 Å². The van der Waals surface area contributed by atoms with Crippen LogP contribution in [0.3, 0.4) is 0 Å². The fraction of sp³-hybridized carbons (Fsp3) is 0.167. The molecule has 5 heteroatoms. The lowest BCUT2D eigenvalue weighted by Gasteiger charge is -2.32. The smallest absolute Gasteiger partial charge is 0.399 e. The monoisotopic (exact) mass is 536 g/mol. The minimum atomic E-state index is -0.423. The zero-order valence-corrected chi connectivity index (χ0v) is 23.9. The fourth-order valence-corrected chi connectivity index (χ4v) is 5.75. The lowest BCUT2D eigenvalue weighted by atomic mass is 9.78. The molecule has 0 spiro atoms. The Kier molecular flexibility index (Phi) is 6.04. The number of benzene rings is 5. The van der Waals surface area contributed by atoms with Crippen LogP contribution in [-0.2, 0) is 9.31 Å². The Morgan fingerprint density at radius 3 is 1.59 bits per heavy atom. The summed E-state index contributed by atoms with van der Waals surface area (Å²) in [7, 11) is -0.423. The molecule has 1 saturated heterocycles. The van der Waals surface area contributed by atoms with Crippen LogP contribution in [0.5, 0.6) is 0 Å². The van der Waals surface area contributed by atoms with Crippen molar-refractivity contribution in [1.29, 1.82) is 0 Å². The second-order valence-electron chi connectivity index (χ2n) is 11.7. The first kappa shape index (κ1) is 25.6. The van der Waals surface area contributed by atoms with Crippen molar-refractivity contribution in [3.05, 3.63) is 127 Å². The van der Waals surface area contributed by atoms with Gasteiger partial charge in [0.1, 0.15) is 0 Å². The standard InChI is InChI=1S/C36H33BN2O2/c1-35(2)36(3,4)41-37(40-35)26-20-22-33-31(24-26)32-25-30(21-23-34(32)39(33)29-18-12-7-13-19-29)38(27-14-8-5-9-15-27)28-16-10-6-11-17-28/h5-25H,1-4H3. The van der Waals surface area contributed by atoms with Gasteiger partial charge >= 0.3 is 7.12 Å². The third kappa shape index (κ3) is 4.33. The Labute approximate surface area is 241 Å². The van der Waals surface area contributed by atoms with E-state index in [0.717, 1.165) is 39.2 Å². The normalized spacial score (nSPS) is 16.0. The summed E-state index contributed by atoms with van der Waals surface area (Å²) in [6, 6.07) is 45.0. The van der Waals surface area contributed by atoms with Gasteiger partial charge in [0, 0.05) is 33.5 Å². The van der Waals surface area contributed by atoms with Gasteiger partial charge in [-0.3, -0.25) is 0 Å². The Morgan fingerprint density at radius 2 is 1.02 bits per heavy atom. The van der Waals surface area contributed by atoms with Crippen molar-refractivity contribution in [3.63, 3.8) is 0 Å². The first-order valence-electron chi connectivity index (χ1n) is 14.2. The Morgan fingerprint density at radius 1 is 0.537 bits per heavy atom. The molecule has 4 nitrogen and oxygen atoms in total. The summed E-state index contributed by atoms with van der Waals surface area (Å²) in [6.45, 7) is 8.39. The predicted molar refractivity (Wildman–Crippen MR) is 171 cm³/mol. The molecule has 0 atom stereocenters. The van der Waals surface area contributed by atoms with Crippen LogP contribution < -0.4 is 10.4 Å². The highest BCUT2D eigenvalue weighted by Gasteiger charge is 2.51. The molecule has 0 saturated carbocycles. The molecule has 0 aliphatic carbocycles. The fourth-order valence-electron chi connectivity index (χ4n) is 5.75. The highest BCUT2D eigenvalue weighted by molar-refractivity contribution is 6.62. The average molecular weight is 536 g/mol. The summed E-state index contributed by atoms with van der Waals surface area (Å²) in [5.74, 6) is 0. The average Bonchev–Trinajstić information content (AvgIpc) is 3.43. The molecule has 1 fully saturated rings. The number of fused-ring (bicyclic) bond motifs is 3. The van der Waals surface area contributed by atoms with Crippen molar-refractivity contribution in [1.82, 2.24) is 4.57 Å². The van der Waals surface area contributed by atoms with Crippen molar-refractivity contribution in [3.8, 4) is 5.69 Å². The van der Waals surface area contributed by atoms with E-state index in [4.69, 9.17) is 9.31 Å². The second-order valence-corrected chi connectivity index (χ2v) is 11.7. The van der Waals surface area contributed by atoms with Gasteiger partial charge < -0.3 is 18.8 Å². The molecule has 1 aliphatic rings. The minimum Gasteiger partial charge on any atom is -0.399 e. The van der Waals surface area contributed by atoms with Gasteiger partial charge in [-0.15, -0.1) is 0 Å². The molecule has 41 heavy (non-hydrogen) atoms. The van der Waals surface area contributed by atoms with Gasteiger partial charge in [-0.05, 0) is 93.8 Å². The van der Waals surface area contributed by atoms with E-state index in [1.807, 2.05) is 0 Å². The maximum Gasteiger partial charge on any atom is 0.494 e. The molecule has 1 aliphatic heterocycles. The maximum absolute atomic E-state index is 6.44. The van der Waals surface area contributed by atoms with Crippen molar-refractivity contribution < 1.29 is 9.31 Å². The molecule has 0 N–H and O–H groups in total. The molecule has 0 unspecified atom stereocenters. The van der Waals surface area contributed by atoms with E-state index in [-0.39, 0.29) is 0 Å². The van der Waals surface area contributed by atoms with E-state index >= 15 is 0 Å². The third-order valence-electron chi connectivity index (χ3n) is 8.60. The Hall–Kier alpha value is -4.32. The van der Waals surface area contributed by atoms with Gasteiger partial charge in [0.15, 0.2) is 0 Å². The topological polar surface area (TPSA) is 26.6 Å². The molecule has 2 heterocycles. The first-order chi connectivity index (χ1) is 19.8. The van der Waals surface area contributed by atoms with E-state index in [0.29, 0.717) is 0 Å². The van der Waals surface area contributed by atoms with Gasteiger partial charge in [-0.25, -0.2) is 0 Å². The van der Waals surface area contributed by atoms with Gasteiger partial charge in [-0.1, -0.05) is 66.7 Å². The first-order valence-corrected chi connectivity index (χ1v) is 14.2. The van der Waals surface area contributed by atoms with Crippen molar-refractivity contribution in [2.45, 2.75) is 38.9 Å². The zero-order valence-electron chi connectivity index (χ0n) is 23.9. The minimum absolute atomic E-state index is 0.399. The van der Waals surface area contributed by atoms with Crippen molar-refractivity contribution in [2.24, 2.45) is 0 Å². The molecule has 0 bridgehead atoms. The number of nitrogens with zero attached hydrogens (tertiary/aromatic N) is 2. The molecular weight excluding hydrogens is 503 g/mol. The highest BCUT2D eigenvalue weighted by atomic mass is 16.7. The quantitative estimate of drug-likeness (QED) is 0.207. The summed E-state index contributed by atoms with van der Waals surface area (Å²) in [5.41, 5.74) is 6.99. The number of aromatic nitrogens is 1. The van der Waals surface area contributed by atoms with E-state index in [1.54, 1.807) is 0 Å². The summed E-state index contributed by atoms with van der Waals surface area (Å²) >= 11 is 0. The van der Waals surface area contributed by atoms with E-state index in [9.17, 15) is 0 Å². The number of para-hydroxylation sites is 3. The SMILES string of the molecule is CC1(C)OB(c2ccc3c(c2)c2cc(N(c4ccccc4)c4ccccc4)ccc2n3-c2ccccc2)OC1(C)C. The Bertz CT molecular complexity index is 1790. The van der Waals surface area contributed by atoms with Crippen LogP contribution in [0.2, 0.25) is 0 Å². The van der Waals surface area contributed by atoms with Gasteiger partial charge in [0.2, 0.25) is 0 Å². The maximum atomic E-state index is 6.44.